The predicted octanol–water partition coefficient (Wildman–Crippen LogP) is 4.15. The van der Waals surface area contributed by atoms with Gasteiger partial charge in [-0.2, -0.15) is 0 Å². The molecule has 2 aliphatic heterocycles. The van der Waals surface area contributed by atoms with Crippen molar-refractivity contribution in [1.29, 1.82) is 0 Å². The molecule has 0 radical (unpaired) electrons. The Morgan fingerprint density at radius 1 is 0.900 bits per heavy atom. The molecule has 118 valence electrons. The fourth-order valence-electron chi connectivity index (χ4n) is 4.31. The molecule has 0 N–H and O–H groups in total. The summed E-state index contributed by atoms with van der Waals surface area (Å²) >= 11 is 0. The van der Waals surface area contributed by atoms with Crippen molar-refractivity contribution in [1.82, 2.24) is 9.80 Å². The minimum absolute atomic E-state index is 0.718. The molecule has 2 saturated heterocycles. The lowest BCUT2D eigenvalue weighted by atomic mass is 9.71. The molecule has 0 amide bonds. The third-order valence-corrected chi connectivity index (χ3v) is 5.76. The van der Waals surface area contributed by atoms with E-state index >= 15 is 0 Å². The average molecular weight is 280 g/mol. The van der Waals surface area contributed by atoms with Crippen molar-refractivity contribution in [2.75, 3.05) is 26.2 Å². The van der Waals surface area contributed by atoms with E-state index in [2.05, 4.69) is 23.6 Å². The van der Waals surface area contributed by atoms with Crippen molar-refractivity contribution in [3.63, 3.8) is 0 Å². The molecule has 0 bridgehead atoms. The van der Waals surface area contributed by atoms with Gasteiger partial charge in [-0.15, -0.1) is 0 Å². The van der Waals surface area contributed by atoms with Gasteiger partial charge in [0.25, 0.3) is 0 Å². The fraction of sp³-hybridized carbons (Fsp3) is 1.00. The van der Waals surface area contributed by atoms with Crippen LogP contribution in [0.25, 0.3) is 0 Å². The van der Waals surface area contributed by atoms with E-state index in [0.717, 1.165) is 17.5 Å². The minimum Gasteiger partial charge on any atom is -0.300 e. The number of rotatable bonds is 2. The Kier molecular flexibility index (Phi) is 5.92. The summed E-state index contributed by atoms with van der Waals surface area (Å²) in [4.78, 5) is 5.47. The minimum atomic E-state index is 0.718. The summed E-state index contributed by atoms with van der Waals surface area (Å²) in [5, 5.41) is 0. The Balaban J connectivity index is 0.000000704. The molecule has 3 aliphatic rings. The zero-order valence-electron chi connectivity index (χ0n) is 14.3. The Morgan fingerprint density at radius 3 is 1.95 bits per heavy atom. The number of hydrogen-bond acceptors (Lipinski definition) is 2. The largest absolute Gasteiger partial charge is 0.300 e. The lowest BCUT2D eigenvalue weighted by Crippen LogP contribution is -2.62. The van der Waals surface area contributed by atoms with Gasteiger partial charge in [0.05, 0.1) is 0 Å². The quantitative estimate of drug-likeness (QED) is 0.749. The lowest BCUT2D eigenvalue weighted by Gasteiger charge is -2.56. The Labute approximate surface area is 126 Å². The molecule has 20 heavy (non-hydrogen) atoms. The van der Waals surface area contributed by atoms with Crippen LogP contribution in [0.1, 0.15) is 72.6 Å². The summed E-state index contributed by atoms with van der Waals surface area (Å²) in [5.41, 5.74) is 0.718. The van der Waals surface area contributed by atoms with Crippen LogP contribution in [-0.4, -0.2) is 48.1 Å². The first-order valence-corrected chi connectivity index (χ1v) is 9.17. The molecular formula is C18H36N2. The maximum atomic E-state index is 2.82. The zero-order valence-corrected chi connectivity index (χ0v) is 14.3. The van der Waals surface area contributed by atoms with E-state index in [4.69, 9.17) is 0 Å². The van der Waals surface area contributed by atoms with Gasteiger partial charge in [0, 0.05) is 25.2 Å². The van der Waals surface area contributed by atoms with Gasteiger partial charge in [-0.25, -0.2) is 0 Å². The first-order chi connectivity index (χ1) is 9.69. The zero-order chi connectivity index (χ0) is 14.6. The van der Waals surface area contributed by atoms with Gasteiger partial charge in [-0.05, 0) is 58.0 Å². The summed E-state index contributed by atoms with van der Waals surface area (Å²) < 4.78 is 0. The number of piperidine rings is 1. The maximum absolute atomic E-state index is 2.82. The molecule has 0 atom stereocenters. The van der Waals surface area contributed by atoms with Crippen LogP contribution < -0.4 is 0 Å². The molecule has 0 aromatic heterocycles. The van der Waals surface area contributed by atoms with E-state index in [9.17, 15) is 0 Å². The maximum Gasteiger partial charge on any atom is 0.00952 e. The van der Waals surface area contributed by atoms with Crippen molar-refractivity contribution in [2.24, 2.45) is 5.41 Å². The van der Waals surface area contributed by atoms with Crippen LogP contribution in [0.15, 0.2) is 0 Å². The van der Waals surface area contributed by atoms with Crippen LogP contribution in [0.2, 0.25) is 0 Å². The molecule has 1 saturated carbocycles. The summed E-state index contributed by atoms with van der Waals surface area (Å²) in [5.74, 6) is 0. The molecular weight excluding hydrogens is 244 g/mol. The van der Waals surface area contributed by atoms with E-state index in [1.807, 2.05) is 13.8 Å². The highest BCUT2D eigenvalue weighted by Gasteiger charge is 2.45. The average Bonchev–Trinajstić information content (AvgIpc) is 2.48. The molecule has 1 aliphatic carbocycles. The van der Waals surface area contributed by atoms with E-state index in [1.54, 1.807) is 0 Å². The first-order valence-electron chi connectivity index (χ1n) is 9.17. The van der Waals surface area contributed by atoms with E-state index in [1.165, 1.54) is 71.1 Å². The van der Waals surface area contributed by atoms with Gasteiger partial charge in [0.15, 0.2) is 0 Å². The fourth-order valence-corrected chi connectivity index (χ4v) is 4.31. The standard InChI is InChI=1S/C16H30N2.C2H6/c1-14(2)18-12-16(13-18)8-10-17(11-9-16)15-6-4-3-5-7-15;1-2/h14-15H,3-13H2,1-2H3;1-2H3. The molecule has 0 unspecified atom stereocenters. The molecule has 2 heteroatoms. The Bertz CT molecular complexity index is 265. The van der Waals surface area contributed by atoms with Crippen molar-refractivity contribution in [2.45, 2.75) is 84.7 Å². The van der Waals surface area contributed by atoms with Gasteiger partial charge in [0.2, 0.25) is 0 Å². The second-order valence-corrected chi connectivity index (χ2v) is 7.33. The lowest BCUT2D eigenvalue weighted by molar-refractivity contribution is -0.0702. The molecule has 0 aromatic carbocycles. The highest BCUT2D eigenvalue weighted by Crippen LogP contribution is 2.42. The second-order valence-electron chi connectivity index (χ2n) is 7.33. The number of likely N-dealkylation sites (tertiary alicyclic amines) is 2. The van der Waals surface area contributed by atoms with Gasteiger partial charge in [-0.1, -0.05) is 33.1 Å². The van der Waals surface area contributed by atoms with Gasteiger partial charge in [-0.3, -0.25) is 4.90 Å². The monoisotopic (exact) mass is 280 g/mol. The van der Waals surface area contributed by atoms with Crippen LogP contribution in [-0.2, 0) is 0 Å². The Morgan fingerprint density at radius 2 is 1.45 bits per heavy atom. The second kappa shape index (κ2) is 7.26. The van der Waals surface area contributed by atoms with Crippen LogP contribution in [0, 0.1) is 5.41 Å². The molecule has 2 heterocycles. The third kappa shape index (κ3) is 3.57. The van der Waals surface area contributed by atoms with Crippen molar-refractivity contribution >= 4 is 0 Å². The van der Waals surface area contributed by atoms with E-state index in [0.29, 0.717) is 0 Å². The predicted molar refractivity (Wildman–Crippen MR) is 88.2 cm³/mol. The number of nitrogens with zero attached hydrogens (tertiary/aromatic N) is 2. The van der Waals surface area contributed by atoms with Gasteiger partial charge < -0.3 is 4.90 Å². The van der Waals surface area contributed by atoms with Gasteiger partial charge in [0.1, 0.15) is 0 Å². The van der Waals surface area contributed by atoms with Crippen molar-refractivity contribution in [3.8, 4) is 0 Å². The highest BCUT2D eigenvalue weighted by molar-refractivity contribution is 4.99. The number of hydrogen-bond donors (Lipinski definition) is 0. The van der Waals surface area contributed by atoms with Crippen LogP contribution in [0.5, 0.6) is 0 Å². The molecule has 3 fully saturated rings. The SMILES string of the molecule is CC.CC(C)N1CC2(CCN(C3CCCCC3)CC2)C1. The molecule has 3 rings (SSSR count). The van der Waals surface area contributed by atoms with E-state index < -0.39 is 0 Å². The van der Waals surface area contributed by atoms with Crippen LogP contribution in [0.3, 0.4) is 0 Å². The summed E-state index contributed by atoms with van der Waals surface area (Å²) in [6.45, 7) is 14.2. The van der Waals surface area contributed by atoms with Crippen LogP contribution >= 0.6 is 0 Å². The van der Waals surface area contributed by atoms with Crippen molar-refractivity contribution in [3.05, 3.63) is 0 Å². The normalized spacial score (nSPS) is 28.1. The Hall–Kier alpha value is -0.0800. The molecule has 0 aromatic rings. The topological polar surface area (TPSA) is 6.48 Å². The smallest absolute Gasteiger partial charge is 0.00952 e. The summed E-state index contributed by atoms with van der Waals surface area (Å²) in [7, 11) is 0. The first kappa shape index (κ1) is 16.3. The molecule has 1 spiro atoms. The summed E-state index contributed by atoms with van der Waals surface area (Å²) in [6.07, 6.45) is 10.3. The van der Waals surface area contributed by atoms with Crippen LogP contribution in [0.4, 0.5) is 0 Å². The van der Waals surface area contributed by atoms with Gasteiger partial charge >= 0.3 is 0 Å². The highest BCUT2D eigenvalue weighted by atomic mass is 15.2. The third-order valence-electron chi connectivity index (χ3n) is 5.76. The molecule has 2 nitrogen and oxygen atoms in total. The van der Waals surface area contributed by atoms with Crippen molar-refractivity contribution < 1.29 is 0 Å². The summed E-state index contributed by atoms with van der Waals surface area (Å²) in [6, 6.07) is 1.70. The van der Waals surface area contributed by atoms with E-state index in [-0.39, 0.29) is 0 Å².